The van der Waals surface area contributed by atoms with E-state index in [2.05, 4.69) is 15.6 Å². The Balaban J connectivity index is 1.63. The van der Waals surface area contributed by atoms with Crippen LogP contribution in [0.25, 0.3) is 0 Å². The molecule has 1 aromatic heterocycles. The second-order valence-corrected chi connectivity index (χ2v) is 10.2. The normalized spacial score (nSPS) is 23.6. The van der Waals surface area contributed by atoms with Crippen molar-refractivity contribution in [3.63, 3.8) is 0 Å². The lowest BCUT2D eigenvalue weighted by Gasteiger charge is -2.39. The second kappa shape index (κ2) is 9.29. The lowest BCUT2D eigenvalue weighted by molar-refractivity contribution is -0.127. The fraction of sp³-hybridized carbons (Fsp3) is 0.250. The molecule has 0 bridgehead atoms. The number of hydrogen-bond donors (Lipinski definition) is 2. The number of fused-ring (bicyclic) bond motifs is 3. The molecular weight excluding hydrogens is 530 g/mol. The van der Waals surface area contributed by atoms with Crippen LogP contribution in [-0.4, -0.2) is 34.8 Å². The fourth-order valence-corrected chi connectivity index (χ4v) is 6.37. The maximum Gasteiger partial charge on any atom is 0.256 e. The minimum absolute atomic E-state index is 0.0878. The van der Waals surface area contributed by atoms with Gasteiger partial charge in [-0.25, -0.2) is 9.37 Å². The van der Waals surface area contributed by atoms with Crippen LogP contribution in [0, 0.1) is 11.7 Å². The summed E-state index contributed by atoms with van der Waals surface area (Å²) < 4.78 is 21.4. The number of benzene rings is 2. The summed E-state index contributed by atoms with van der Waals surface area (Å²) in [6.07, 6.45) is 1.89. The minimum Gasteiger partial charge on any atom is -0.494 e. The van der Waals surface area contributed by atoms with Crippen LogP contribution in [0.1, 0.15) is 29.5 Å². The van der Waals surface area contributed by atoms with Gasteiger partial charge in [0.1, 0.15) is 22.5 Å². The zero-order valence-corrected chi connectivity index (χ0v) is 21.8. The summed E-state index contributed by atoms with van der Waals surface area (Å²) in [5.74, 6) is -2.20. The molecule has 0 unspecified atom stereocenters. The van der Waals surface area contributed by atoms with E-state index < -0.39 is 29.1 Å². The van der Waals surface area contributed by atoms with Gasteiger partial charge >= 0.3 is 0 Å². The van der Waals surface area contributed by atoms with Gasteiger partial charge in [-0.1, -0.05) is 47.5 Å². The van der Waals surface area contributed by atoms with Crippen molar-refractivity contribution in [1.82, 2.24) is 15.2 Å². The van der Waals surface area contributed by atoms with E-state index in [1.807, 2.05) is 42.2 Å². The molecular formula is C28H23Cl2FN4O3. The Morgan fingerprint density at radius 2 is 1.97 bits per heavy atom. The first-order valence-corrected chi connectivity index (χ1v) is 13.0. The molecule has 2 amide bonds. The lowest BCUT2D eigenvalue weighted by Crippen LogP contribution is -2.49. The van der Waals surface area contributed by atoms with Crippen molar-refractivity contribution in [3.8, 4) is 5.75 Å². The molecule has 2 N–H and O–H groups in total. The summed E-state index contributed by atoms with van der Waals surface area (Å²) in [4.78, 5) is 33.9. The van der Waals surface area contributed by atoms with Crippen molar-refractivity contribution in [2.24, 2.45) is 5.92 Å². The van der Waals surface area contributed by atoms with Gasteiger partial charge in [-0.15, -0.1) is 0 Å². The van der Waals surface area contributed by atoms with Crippen LogP contribution >= 0.6 is 23.2 Å². The highest BCUT2D eigenvalue weighted by Gasteiger charge is 2.67. The highest BCUT2D eigenvalue weighted by molar-refractivity contribution is 6.31. The number of nitrogens with zero attached hydrogens (tertiary/aromatic N) is 2. The van der Waals surface area contributed by atoms with Gasteiger partial charge in [-0.05, 0) is 54.5 Å². The van der Waals surface area contributed by atoms with Gasteiger partial charge in [0.2, 0.25) is 5.91 Å². The maximum absolute atomic E-state index is 15.7. The average molecular weight is 553 g/mol. The first-order chi connectivity index (χ1) is 18.4. The molecule has 7 nitrogen and oxygen atoms in total. The van der Waals surface area contributed by atoms with Gasteiger partial charge in [0.15, 0.2) is 5.54 Å². The standard InChI is InChI=1S/C28H23Cl2FN4O3/c1-2-38-16-6-3-5-15(13-16)14-35-20-11-12-32-26(36)22(20)23(17-7-4-8-19(29)24(17)31)28(35)18-9-10-21(30)33-25(18)34-27(28)37/h3-11,13,22-23H,2,12,14H2,1H3,(H,32,36)(H,33,34,37)/t22-,23+,28-/m1/s1. The van der Waals surface area contributed by atoms with E-state index >= 15 is 4.39 Å². The van der Waals surface area contributed by atoms with E-state index in [0.717, 1.165) is 5.56 Å². The molecule has 3 aromatic rings. The van der Waals surface area contributed by atoms with Crippen molar-refractivity contribution in [1.29, 1.82) is 0 Å². The first-order valence-electron chi connectivity index (χ1n) is 12.3. The topological polar surface area (TPSA) is 83.6 Å². The zero-order valence-electron chi connectivity index (χ0n) is 20.3. The Morgan fingerprint density at radius 3 is 2.79 bits per heavy atom. The number of anilines is 1. The smallest absolute Gasteiger partial charge is 0.256 e. The molecule has 3 aliphatic rings. The Labute approximate surface area is 228 Å². The van der Waals surface area contributed by atoms with Gasteiger partial charge in [-0.3, -0.25) is 9.59 Å². The predicted molar refractivity (Wildman–Crippen MR) is 141 cm³/mol. The summed E-state index contributed by atoms with van der Waals surface area (Å²) >= 11 is 12.4. The van der Waals surface area contributed by atoms with E-state index in [1.165, 1.54) is 6.07 Å². The third-order valence-electron chi connectivity index (χ3n) is 7.43. The number of nitrogens with one attached hydrogen (secondary N) is 2. The molecule has 1 fully saturated rings. The number of aromatic nitrogens is 1. The van der Waals surface area contributed by atoms with Crippen LogP contribution in [0.4, 0.5) is 10.2 Å². The van der Waals surface area contributed by atoms with Gasteiger partial charge in [-0.2, -0.15) is 0 Å². The Morgan fingerprint density at radius 1 is 1.16 bits per heavy atom. The molecule has 0 saturated carbocycles. The Kier molecular flexibility index (Phi) is 6.04. The summed E-state index contributed by atoms with van der Waals surface area (Å²) in [7, 11) is 0. The van der Waals surface area contributed by atoms with Crippen LogP contribution in [0.15, 0.2) is 66.4 Å². The molecule has 6 rings (SSSR count). The van der Waals surface area contributed by atoms with E-state index in [4.69, 9.17) is 27.9 Å². The van der Waals surface area contributed by atoms with Crippen molar-refractivity contribution in [2.75, 3.05) is 18.5 Å². The van der Waals surface area contributed by atoms with Crippen molar-refractivity contribution in [2.45, 2.75) is 24.9 Å². The highest BCUT2D eigenvalue weighted by Crippen LogP contribution is 2.61. The zero-order chi connectivity index (χ0) is 26.6. The van der Waals surface area contributed by atoms with E-state index in [9.17, 15) is 9.59 Å². The monoisotopic (exact) mass is 552 g/mol. The average Bonchev–Trinajstić information content (AvgIpc) is 3.34. The summed E-state index contributed by atoms with van der Waals surface area (Å²) in [5.41, 5.74) is 0.682. The molecule has 1 spiro atoms. The number of halogens is 3. The van der Waals surface area contributed by atoms with Crippen molar-refractivity contribution >= 4 is 40.8 Å². The second-order valence-electron chi connectivity index (χ2n) is 9.39. The number of rotatable bonds is 5. The molecule has 0 aliphatic carbocycles. The number of pyridine rings is 1. The molecule has 2 aromatic carbocycles. The number of carbonyl (C=O) groups is 2. The SMILES string of the molecule is CCOc1cccc(CN2C3=CCNC(=O)[C@H]3[C@H](c3cccc(Cl)c3F)[C@]23C(=O)Nc2nc(Cl)ccc23)c1. The quantitative estimate of drug-likeness (QED) is 0.435. The molecule has 3 aliphatic heterocycles. The van der Waals surface area contributed by atoms with E-state index in [-0.39, 0.29) is 40.6 Å². The lowest BCUT2D eigenvalue weighted by atomic mass is 9.71. The van der Waals surface area contributed by atoms with Crippen molar-refractivity contribution < 1.29 is 18.7 Å². The molecule has 3 atom stereocenters. The summed E-state index contributed by atoms with van der Waals surface area (Å²) in [6.45, 7) is 2.95. The highest BCUT2D eigenvalue weighted by atomic mass is 35.5. The van der Waals surface area contributed by atoms with Crippen LogP contribution in [0.2, 0.25) is 10.2 Å². The Bertz CT molecular complexity index is 1510. The Hall–Kier alpha value is -3.62. The number of likely N-dealkylation sites (tertiary alicyclic amines) is 1. The van der Waals surface area contributed by atoms with Gasteiger partial charge in [0, 0.05) is 30.3 Å². The van der Waals surface area contributed by atoms with Crippen molar-refractivity contribution in [3.05, 3.63) is 99.1 Å². The third-order valence-corrected chi connectivity index (χ3v) is 7.93. The number of amides is 2. The number of hydrogen-bond acceptors (Lipinski definition) is 5. The molecule has 10 heteroatoms. The van der Waals surface area contributed by atoms with Crippen LogP contribution < -0.4 is 15.4 Å². The molecule has 4 heterocycles. The largest absolute Gasteiger partial charge is 0.494 e. The van der Waals surface area contributed by atoms with E-state index in [0.29, 0.717) is 23.6 Å². The summed E-state index contributed by atoms with van der Waals surface area (Å²) in [6, 6.07) is 15.5. The van der Waals surface area contributed by atoms with Gasteiger partial charge < -0.3 is 20.3 Å². The van der Waals surface area contributed by atoms with Crippen LogP contribution in [0.3, 0.4) is 0 Å². The van der Waals surface area contributed by atoms with E-state index in [1.54, 1.807) is 24.3 Å². The summed E-state index contributed by atoms with van der Waals surface area (Å²) in [5, 5.41) is 5.84. The fourth-order valence-electron chi connectivity index (χ4n) is 6.04. The molecule has 194 valence electrons. The molecule has 0 radical (unpaired) electrons. The first kappa shape index (κ1) is 24.7. The maximum atomic E-state index is 15.7. The molecule has 38 heavy (non-hydrogen) atoms. The molecule has 1 saturated heterocycles. The predicted octanol–water partition coefficient (Wildman–Crippen LogP) is 5.00. The number of carbonyl (C=O) groups excluding carboxylic acids is 2. The van der Waals surface area contributed by atoms with Crippen LogP contribution in [0.5, 0.6) is 5.75 Å². The van der Waals surface area contributed by atoms with Gasteiger partial charge in [0.05, 0.1) is 17.5 Å². The van der Waals surface area contributed by atoms with Crippen LogP contribution in [-0.2, 0) is 21.7 Å². The number of ether oxygens (including phenoxy) is 1. The van der Waals surface area contributed by atoms with Gasteiger partial charge in [0.25, 0.3) is 5.91 Å². The third kappa shape index (κ3) is 3.58. The minimum atomic E-state index is -1.50.